The van der Waals surface area contributed by atoms with Gasteiger partial charge in [-0.1, -0.05) is 30.3 Å². The van der Waals surface area contributed by atoms with Crippen molar-refractivity contribution in [2.45, 2.75) is 19.9 Å². The third-order valence-electron chi connectivity index (χ3n) is 3.36. The summed E-state index contributed by atoms with van der Waals surface area (Å²) in [6, 6.07) is 12.4. The monoisotopic (exact) mass is 266 g/mol. The Hall–Kier alpha value is -2.20. The summed E-state index contributed by atoms with van der Waals surface area (Å²) >= 11 is 0. The largest absolute Gasteiger partial charge is 0.329 e. The van der Waals surface area contributed by atoms with Crippen LogP contribution in [0.1, 0.15) is 17.0 Å². The minimum Gasteiger partial charge on any atom is -0.329 e. The van der Waals surface area contributed by atoms with Gasteiger partial charge in [-0.05, 0) is 24.1 Å². The van der Waals surface area contributed by atoms with Crippen LogP contribution in [0.25, 0.3) is 11.2 Å². The summed E-state index contributed by atoms with van der Waals surface area (Å²) in [6.45, 7) is 3.36. The molecule has 0 saturated heterocycles. The van der Waals surface area contributed by atoms with Crippen LogP contribution < -0.4 is 5.73 Å². The van der Waals surface area contributed by atoms with Crippen molar-refractivity contribution in [3.05, 3.63) is 59.5 Å². The van der Waals surface area contributed by atoms with E-state index >= 15 is 0 Å². The Labute approximate surface area is 118 Å². The van der Waals surface area contributed by atoms with Crippen LogP contribution in [0.3, 0.4) is 0 Å². The minimum atomic E-state index is 0.586. The van der Waals surface area contributed by atoms with E-state index < -0.39 is 0 Å². The zero-order chi connectivity index (χ0) is 13.9. The van der Waals surface area contributed by atoms with Crippen molar-refractivity contribution < 1.29 is 0 Å². The Morgan fingerprint density at radius 1 is 1.20 bits per heavy atom. The SMILES string of the molecule is Cc1cnc2c(c1)nc(Cc1ccccc1)n2CCN. The van der Waals surface area contributed by atoms with Crippen LogP contribution in [0.2, 0.25) is 0 Å². The van der Waals surface area contributed by atoms with E-state index in [4.69, 9.17) is 10.7 Å². The van der Waals surface area contributed by atoms with Gasteiger partial charge in [-0.2, -0.15) is 0 Å². The van der Waals surface area contributed by atoms with Gasteiger partial charge in [-0.15, -0.1) is 0 Å². The molecule has 3 aromatic rings. The minimum absolute atomic E-state index is 0.586. The van der Waals surface area contributed by atoms with Gasteiger partial charge in [0.15, 0.2) is 5.65 Å². The van der Waals surface area contributed by atoms with E-state index in [1.54, 1.807) is 0 Å². The number of hydrogen-bond acceptors (Lipinski definition) is 3. The molecule has 0 atom stereocenters. The molecule has 0 unspecified atom stereocenters. The lowest BCUT2D eigenvalue weighted by Gasteiger charge is -2.07. The van der Waals surface area contributed by atoms with E-state index in [-0.39, 0.29) is 0 Å². The number of hydrogen-bond donors (Lipinski definition) is 1. The molecule has 102 valence electrons. The Morgan fingerprint density at radius 3 is 2.75 bits per heavy atom. The van der Waals surface area contributed by atoms with Crippen molar-refractivity contribution in [2.75, 3.05) is 6.54 Å². The summed E-state index contributed by atoms with van der Waals surface area (Å²) in [7, 11) is 0. The Bertz CT molecular complexity index is 716. The second-order valence-corrected chi connectivity index (χ2v) is 4.99. The summed E-state index contributed by atoms with van der Waals surface area (Å²) < 4.78 is 2.13. The summed E-state index contributed by atoms with van der Waals surface area (Å²) in [5.74, 6) is 1.02. The molecule has 3 rings (SSSR count). The second-order valence-electron chi connectivity index (χ2n) is 4.99. The molecule has 0 saturated carbocycles. The molecule has 2 aromatic heterocycles. The number of benzene rings is 1. The fourth-order valence-electron chi connectivity index (χ4n) is 2.44. The Kier molecular flexibility index (Phi) is 3.48. The molecule has 20 heavy (non-hydrogen) atoms. The molecule has 4 nitrogen and oxygen atoms in total. The summed E-state index contributed by atoms with van der Waals surface area (Å²) in [4.78, 5) is 9.24. The fourth-order valence-corrected chi connectivity index (χ4v) is 2.44. The van der Waals surface area contributed by atoms with Crippen LogP contribution in [0, 0.1) is 6.92 Å². The third kappa shape index (κ3) is 2.42. The fraction of sp³-hybridized carbons (Fsp3) is 0.250. The average Bonchev–Trinajstić information content (AvgIpc) is 2.77. The standard InChI is InChI=1S/C16H18N4/c1-12-9-14-16(18-11-12)20(8-7-17)15(19-14)10-13-5-3-2-4-6-13/h2-6,9,11H,7-8,10,17H2,1H3. The van der Waals surface area contributed by atoms with E-state index in [0.29, 0.717) is 6.54 Å². The molecule has 0 aliphatic rings. The van der Waals surface area contributed by atoms with Gasteiger partial charge in [0.1, 0.15) is 11.3 Å². The normalized spacial score (nSPS) is 11.1. The third-order valence-corrected chi connectivity index (χ3v) is 3.36. The highest BCUT2D eigenvalue weighted by atomic mass is 15.1. The molecule has 2 heterocycles. The topological polar surface area (TPSA) is 56.7 Å². The molecule has 0 bridgehead atoms. The lowest BCUT2D eigenvalue weighted by Crippen LogP contribution is -2.13. The van der Waals surface area contributed by atoms with E-state index in [9.17, 15) is 0 Å². The summed E-state index contributed by atoms with van der Waals surface area (Å²) in [6.07, 6.45) is 2.68. The van der Waals surface area contributed by atoms with Gasteiger partial charge in [0.25, 0.3) is 0 Å². The van der Waals surface area contributed by atoms with E-state index in [1.165, 1.54) is 5.56 Å². The Balaban J connectivity index is 2.06. The maximum atomic E-state index is 5.73. The first-order valence-corrected chi connectivity index (χ1v) is 6.83. The molecular weight excluding hydrogens is 248 g/mol. The zero-order valence-electron chi connectivity index (χ0n) is 11.6. The molecule has 0 aliphatic heterocycles. The number of nitrogens with zero attached hydrogens (tertiary/aromatic N) is 3. The lowest BCUT2D eigenvalue weighted by molar-refractivity contribution is 0.684. The summed E-state index contributed by atoms with van der Waals surface area (Å²) in [5.41, 5.74) is 9.97. The smallest absolute Gasteiger partial charge is 0.160 e. The molecule has 2 N–H and O–H groups in total. The van der Waals surface area contributed by atoms with Gasteiger partial charge in [0.2, 0.25) is 0 Å². The molecule has 0 spiro atoms. The van der Waals surface area contributed by atoms with E-state index in [0.717, 1.165) is 35.5 Å². The second kappa shape index (κ2) is 5.43. The number of fused-ring (bicyclic) bond motifs is 1. The lowest BCUT2D eigenvalue weighted by atomic mass is 10.1. The van der Waals surface area contributed by atoms with Gasteiger partial charge in [0.05, 0.1) is 0 Å². The quantitative estimate of drug-likeness (QED) is 0.788. The predicted octanol–water partition coefficient (Wildman–Crippen LogP) is 2.29. The van der Waals surface area contributed by atoms with Gasteiger partial charge in [-0.3, -0.25) is 0 Å². The highest BCUT2D eigenvalue weighted by Gasteiger charge is 2.11. The van der Waals surface area contributed by atoms with Crippen molar-refractivity contribution in [1.29, 1.82) is 0 Å². The van der Waals surface area contributed by atoms with Crippen molar-refractivity contribution in [3.8, 4) is 0 Å². The van der Waals surface area contributed by atoms with E-state index in [1.807, 2.05) is 31.3 Å². The first-order chi connectivity index (χ1) is 9.78. The van der Waals surface area contributed by atoms with Crippen molar-refractivity contribution >= 4 is 11.2 Å². The van der Waals surface area contributed by atoms with Crippen LogP contribution in [0.4, 0.5) is 0 Å². The van der Waals surface area contributed by atoms with Gasteiger partial charge >= 0.3 is 0 Å². The number of rotatable bonds is 4. The van der Waals surface area contributed by atoms with Crippen molar-refractivity contribution in [1.82, 2.24) is 14.5 Å². The predicted molar refractivity (Wildman–Crippen MR) is 80.6 cm³/mol. The van der Waals surface area contributed by atoms with Gasteiger partial charge < -0.3 is 10.3 Å². The van der Waals surface area contributed by atoms with Crippen LogP contribution >= 0.6 is 0 Å². The van der Waals surface area contributed by atoms with Crippen LogP contribution in [0.5, 0.6) is 0 Å². The van der Waals surface area contributed by atoms with E-state index in [2.05, 4.69) is 27.8 Å². The number of aromatic nitrogens is 3. The molecule has 0 aliphatic carbocycles. The highest BCUT2D eigenvalue weighted by molar-refractivity contribution is 5.72. The molecular formula is C16H18N4. The molecule has 0 fully saturated rings. The first kappa shape index (κ1) is 12.8. The summed E-state index contributed by atoms with van der Waals surface area (Å²) in [5, 5.41) is 0. The first-order valence-electron chi connectivity index (χ1n) is 6.83. The van der Waals surface area contributed by atoms with Crippen molar-refractivity contribution in [3.63, 3.8) is 0 Å². The molecule has 0 radical (unpaired) electrons. The zero-order valence-corrected chi connectivity index (χ0v) is 11.6. The van der Waals surface area contributed by atoms with Crippen LogP contribution in [-0.2, 0) is 13.0 Å². The van der Waals surface area contributed by atoms with Crippen LogP contribution in [-0.4, -0.2) is 21.1 Å². The molecule has 4 heteroatoms. The number of aryl methyl sites for hydroxylation is 1. The number of pyridine rings is 1. The van der Waals surface area contributed by atoms with Crippen LogP contribution in [0.15, 0.2) is 42.6 Å². The highest BCUT2D eigenvalue weighted by Crippen LogP contribution is 2.17. The Morgan fingerprint density at radius 2 is 2.00 bits per heavy atom. The number of nitrogens with two attached hydrogens (primary N) is 1. The average molecular weight is 266 g/mol. The van der Waals surface area contributed by atoms with Gasteiger partial charge in [-0.25, -0.2) is 9.97 Å². The maximum Gasteiger partial charge on any atom is 0.160 e. The molecule has 0 amide bonds. The number of imidazole rings is 1. The maximum absolute atomic E-state index is 5.73. The van der Waals surface area contributed by atoms with Crippen molar-refractivity contribution in [2.24, 2.45) is 5.73 Å². The van der Waals surface area contributed by atoms with Gasteiger partial charge in [0, 0.05) is 25.7 Å². The molecule has 1 aromatic carbocycles.